The number of benzene rings is 2. The van der Waals surface area contributed by atoms with E-state index in [1.54, 1.807) is 12.1 Å². The van der Waals surface area contributed by atoms with Crippen molar-refractivity contribution in [2.75, 3.05) is 0 Å². The fourth-order valence-corrected chi connectivity index (χ4v) is 2.98. The van der Waals surface area contributed by atoms with Crippen molar-refractivity contribution in [3.05, 3.63) is 77.4 Å². The molecule has 2 rings (SSSR count). The van der Waals surface area contributed by atoms with E-state index in [0.717, 1.165) is 30.6 Å². The number of ether oxygens (including phenoxy) is 1. The molecule has 0 saturated carbocycles. The summed E-state index contributed by atoms with van der Waals surface area (Å²) < 4.78 is 5.89. The van der Waals surface area contributed by atoms with Crippen LogP contribution in [-0.2, 0) is 6.61 Å². The van der Waals surface area contributed by atoms with Crippen molar-refractivity contribution in [1.82, 2.24) is 0 Å². The van der Waals surface area contributed by atoms with Gasteiger partial charge in [0.25, 0.3) is 0 Å². The Kier molecular flexibility index (Phi) is 8.24. The van der Waals surface area contributed by atoms with E-state index < -0.39 is 11.9 Å². The SMILES string of the molecule is CCC(O)(C=CCC(C)c1cccc(OCc2ccc(C(O)O)cc2)c1)CC. The summed E-state index contributed by atoms with van der Waals surface area (Å²) in [5, 5.41) is 28.6. The van der Waals surface area contributed by atoms with Crippen molar-refractivity contribution in [1.29, 1.82) is 0 Å². The predicted octanol–water partition coefficient (Wildman–Crippen LogP) is 4.85. The van der Waals surface area contributed by atoms with Crippen LogP contribution in [-0.4, -0.2) is 20.9 Å². The highest BCUT2D eigenvalue weighted by molar-refractivity contribution is 5.31. The molecule has 0 bridgehead atoms. The summed E-state index contributed by atoms with van der Waals surface area (Å²) in [5.41, 5.74) is 1.92. The monoisotopic (exact) mass is 384 g/mol. The average Bonchev–Trinajstić information content (AvgIpc) is 2.72. The molecule has 28 heavy (non-hydrogen) atoms. The zero-order valence-electron chi connectivity index (χ0n) is 17.0. The van der Waals surface area contributed by atoms with E-state index in [2.05, 4.69) is 25.1 Å². The number of aliphatic hydroxyl groups is 3. The minimum atomic E-state index is -1.45. The molecule has 0 aliphatic carbocycles. The van der Waals surface area contributed by atoms with E-state index in [9.17, 15) is 5.11 Å². The number of allylic oxidation sites excluding steroid dienone is 1. The maximum absolute atomic E-state index is 10.3. The van der Waals surface area contributed by atoms with Crippen LogP contribution in [0.1, 0.15) is 68.9 Å². The summed E-state index contributed by atoms with van der Waals surface area (Å²) in [6.45, 7) is 6.58. The van der Waals surface area contributed by atoms with Crippen LogP contribution in [0.2, 0.25) is 0 Å². The smallest absolute Gasteiger partial charge is 0.178 e. The molecule has 0 amide bonds. The number of hydrogen-bond donors (Lipinski definition) is 3. The van der Waals surface area contributed by atoms with Crippen molar-refractivity contribution in [2.24, 2.45) is 0 Å². The average molecular weight is 385 g/mol. The van der Waals surface area contributed by atoms with Crippen molar-refractivity contribution >= 4 is 0 Å². The Morgan fingerprint density at radius 3 is 2.29 bits per heavy atom. The van der Waals surface area contributed by atoms with Crippen LogP contribution in [0.15, 0.2) is 60.7 Å². The van der Waals surface area contributed by atoms with Crippen LogP contribution in [0.5, 0.6) is 5.75 Å². The maximum atomic E-state index is 10.3. The Hall–Kier alpha value is -2.14. The second kappa shape index (κ2) is 10.4. The summed E-state index contributed by atoms with van der Waals surface area (Å²) in [7, 11) is 0. The third kappa shape index (κ3) is 6.48. The number of rotatable bonds is 10. The van der Waals surface area contributed by atoms with Crippen molar-refractivity contribution in [3.63, 3.8) is 0 Å². The highest BCUT2D eigenvalue weighted by Gasteiger charge is 2.17. The second-order valence-corrected chi connectivity index (χ2v) is 7.33. The molecular formula is C24H32O4. The highest BCUT2D eigenvalue weighted by atomic mass is 16.5. The normalized spacial score (nSPS) is 13.2. The molecule has 2 aromatic carbocycles. The van der Waals surface area contributed by atoms with Crippen molar-refractivity contribution < 1.29 is 20.1 Å². The Bertz CT molecular complexity index is 745. The van der Waals surface area contributed by atoms with Crippen LogP contribution in [0.4, 0.5) is 0 Å². The molecule has 0 aliphatic heterocycles. The molecule has 0 fully saturated rings. The molecule has 0 aliphatic rings. The second-order valence-electron chi connectivity index (χ2n) is 7.33. The first-order valence-corrected chi connectivity index (χ1v) is 9.94. The zero-order valence-corrected chi connectivity index (χ0v) is 17.0. The predicted molar refractivity (Wildman–Crippen MR) is 112 cm³/mol. The summed E-state index contributed by atoms with van der Waals surface area (Å²) in [6, 6.07) is 15.1. The lowest BCUT2D eigenvalue weighted by Gasteiger charge is -2.20. The standard InChI is InChI=1S/C24H32O4/c1-4-24(27,5-2)15-7-8-18(3)21-9-6-10-22(16-21)28-17-19-11-13-20(14-12-19)23(25)26/h6-7,9-16,18,23,25-27H,4-5,8,17H2,1-3H3. The van der Waals surface area contributed by atoms with Crippen LogP contribution < -0.4 is 4.74 Å². The van der Waals surface area contributed by atoms with Gasteiger partial charge in [0.1, 0.15) is 12.4 Å². The Balaban J connectivity index is 1.94. The molecule has 1 atom stereocenters. The molecule has 3 N–H and O–H groups in total. The van der Waals surface area contributed by atoms with Gasteiger partial charge in [-0.3, -0.25) is 0 Å². The van der Waals surface area contributed by atoms with Gasteiger partial charge in [-0.1, -0.05) is 69.3 Å². The fourth-order valence-electron chi connectivity index (χ4n) is 2.98. The highest BCUT2D eigenvalue weighted by Crippen LogP contribution is 2.25. The zero-order chi connectivity index (χ0) is 20.6. The molecule has 152 valence electrons. The van der Waals surface area contributed by atoms with E-state index in [1.807, 2.05) is 44.2 Å². The van der Waals surface area contributed by atoms with Gasteiger partial charge in [0.05, 0.1) is 5.60 Å². The molecule has 0 saturated heterocycles. The molecule has 4 nitrogen and oxygen atoms in total. The topological polar surface area (TPSA) is 69.9 Å². The number of hydrogen-bond acceptors (Lipinski definition) is 4. The van der Waals surface area contributed by atoms with Crippen LogP contribution >= 0.6 is 0 Å². The lowest BCUT2D eigenvalue weighted by atomic mass is 9.93. The molecule has 0 aromatic heterocycles. The summed E-state index contributed by atoms with van der Waals surface area (Å²) in [6.07, 6.45) is 4.84. The molecule has 1 unspecified atom stereocenters. The lowest BCUT2D eigenvalue weighted by molar-refractivity contribution is -0.0425. The fraction of sp³-hybridized carbons (Fsp3) is 0.417. The first-order valence-electron chi connectivity index (χ1n) is 9.94. The molecule has 4 heteroatoms. The number of aliphatic hydroxyl groups excluding tert-OH is 1. The van der Waals surface area contributed by atoms with Gasteiger partial charge < -0.3 is 20.1 Å². The quantitative estimate of drug-likeness (QED) is 0.404. The third-order valence-corrected chi connectivity index (χ3v) is 5.25. The van der Waals surface area contributed by atoms with Gasteiger partial charge in [-0.05, 0) is 48.4 Å². The van der Waals surface area contributed by atoms with E-state index in [-0.39, 0.29) is 0 Å². The van der Waals surface area contributed by atoms with Gasteiger partial charge in [-0.15, -0.1) is 0 Å². The van der Waals surface area contributed by atoms with E-state index in [1.165, 1.54) is 5.56 Å². The molecule has 2 aromatic rings. The third-order valence-electron chi connectivity index (χ3n) is 5.25. The Morgan fingerprint density at radius 1 is 1.00 bits per heavy atom. The first-order chi connectivity index (χ1) is 13.4. The van der Waals surface area contributed by atoms with Gasteiger partial charge in [0, 0.05) is 5.56 Å². The molecule has 0 spiro atoms. The van der Waals surface area contributed by atoms with E-state index in [4.69, 9.17) is 14.9 Å². The van der Waals surface area contributed by atoms with Gasteiger partial charge in [0.2, 0.25) is 0 Å². The van der Waals surface area contributed by atoms with Crippen LogP contribution in [0, 0.1) is 0 Å². The maximum Gasteiger partial charge on any atom is 0.178 e. The summed E-state index contributed by atoms with van der Waals surface area (Å²) in [5.74, 6) is 1.13. The summed E-state index contributed by atoms with van der Waals surface area (Å²) >= 11 is 0. The van der Waals surface area contributed by atoms with Crippen LogP contribution in [0.3, 0.4) is 0 Å². The van der Waals surface area contributed by atoms with E-state index in [0.29, 0.717) is 18.1 Å². The van der Waals surface area contributed by atoms with Gasteiger partial charge in [0.15, 0.2) is 6.29 Å². The van der Waals surface area contributed by atoms with Crippen molar-refractivity contribution in [2.45, 2.75) is 64.4 Å². The summed E-state index contributed by atoms with van der Waals surface area (Å²) in [4.78, 5) is 0. The first kappa shape index (κ1) is 22.2. The largest absolute Gasteiger partial charge is 0.489 e. The Morgan fingerprint density at radius 2 is 1.68 bits per heavy atom. The van der Waals surface area contributed by atoms with Gasteiger partial charge in [-0.2, -0.15) is 0 Å². The lowest BCUT2D eigenvalue weighted by Crippen LogP contribution is -2.22. The molecule has 0 radical (unpaired) electrons. The minimum absolute atomic E-state index is 0.322. The molecular weight excluding hydrogens is 352 g/mol. The van der Waals surface area contributed by atoms with E-state index >= 15 is 0 Å². The van der Waals surface area contributed by atoms with Gasteiger partial charge in [-0.25, -0.2) is 0 Å². The van der Waals surface area contributed by atoms with Crippen LogP contribution in [0.25, 0.3) is 0 Å². The molecule has 0 heterocycles. The van der Waals surface area contributed by atoms with Gasteiger partial charge >= 0.3 is 0 Å². The van der Waals surface area contributed by atoms with Crippen molar-refractivity contribution in [3.8, 4) is 5.75 Å². The Labute approximate surface area is 168 Å². The minimum Gasteiger partial charge on any atom is -0.489 e.